The monoisotopic (exact) mass is 355 g/mol. The molecule has 5 heteroatoms. The summed E-state index contributed by atoms with van der Waals surface area (Å²) in [6, 6.07) is 6.13. The molecule has 4 rings (SSSR count). The van der Waals surface area contributed by atoms with Gasteiger partial charge < -0.3 is 14.1 Å². The molecule has 26 heavy (non-hydrogen) atoms. The summed E-state index contributed by atoms with van der Waals surface area (Å²) in [6.45, 7) is 10.6. The van der Waals surface area contributed by atoms with Crippen molar-refractivity contribution in [2.45, 2.75) is 26.5 Å². The van der Waals surface area contributed by atoms with Crippen LogP contribution in [0.15, 0.2) is 47.5 Å². The zero-order valence-electron chi connectivity index (χ0n) is 15.6. The molecule has 1 spiro atoms. The van der Waals surface area contributed by atoms with Crippen molar-refractivity contribution in [3.05, 3.63) is 54.2 Å². The lowest BCUT2D eigenvalue weighted by atomic mass is 9.77. The van der Waals surface area contributed by atoms with E-state index in [0.717, 1.165) is 38.3 Å². The lowest BCUT2D eigenvalue weighted by molar-refractivity contribution is 0.0515. The van der Waals surface area contributed by atoms with E-state index in [-0.39, 0.29) is 0 Å². The highest BCUT2D eigenvalue weighted by Gasteiger charge is 2.49. The van der Waals surface area contributed by atoms with E-state index >= 15 is 0 Å². The Hall–Kier alpha value is -1.69. The van der Waals surface area contributed by atoms with Gasteiger partial charge in [0.25, 0.3) is 0 Å². The van der Waals surface area contributed by atoms with E-state index in [4.69, 9.17) is 9.15 Å². The second-order valence-corrected chi connectivity index (χ2v) is 7.86. The van der Waals surface area contributed by atoms with Crippen molar-refractivity contribution in [1.29, 1.82) is 0 Å². The maximum Gasteiger partial charge on any atom is 0.0947 e. The van der Waals surface area contributed by atoms with Gasteiger partial charge in [-0.3, -0.25) is 9.88 Å². The zero-order chi connectivity index (χ0) is 17.8. The molecule has 4 heterocycles. The van der Waals surface area contributed by atoms with Gasteiger partial charge in [-0.1, -0.05) is 13.0 Å². The maximum atomic E-state index is 6.12. The van der Waals surface area contributed by atoms with Crippen molar-refractivity contribution in [1.82, 2.24) is 14.8 Å². The highest BCUT2D eigenvalue weighted by atomic mass is 16.5. The van der Waals surface area contributed by atoms with Crippen LogP contribution in [0.3, 0.4) is 0 Å². The predicted molar refractivity (Wildman–Crippen MR) is 101 cm³/mol. The van der Waals surface area contributed by atoms with Crippen LogP contribution in [0.1, 0.15) is 24.5 Å². The fourth-order valence-electron chi connectivity index (χ4n) is 4.64. The number of hydrogen-bond donors (Lipinski definition) is 0. The summed E-state index contributed by atoms with van der Waals surface area (Å²) in [7, 11) is 0. The standard InChI is InChI=1S/C21H29N3O2/c1-2-23-12-20(15-26-13-18-4-3-7-22-10-18)21(16-23)6-8-24(17-21)11-19-5-9-25-14-19/h3-5,7,9-10,14,20H,2,6,8,11-13,15-17H2,1H3/t20-,21-/m0/s1. The van der Waals surface area contributed by atoms with E-state index in [2.05, 4.69) is 33.8 Å². The van der Waals surface area contributed by atoms with Gasteiger partial charge >= 0.3 is 0 Å². The van der Waals surface area contributed by atoms with E-state index < -0.39 is 0 Å². The lowest BCUT2D eigenvalue weighted by Gasteiger charge is -2.30. The molecule has 5 nitrogen and oxygen atoms in total. The Morgan fingerprint density at radius 3 is 2.96 bits per heavy atom. The zero-order valence-corrected chi connectivity index (χ0v) is 15.6. The van der Waals surface area contributed by atoms with Crippen LogP contribution in [-0.2, 0) is 17.9 Å². The van der Waals surface area contributed by atoms with Gasteiger partial charge in [0.05, 0.1) is 25.7 Å². The molecule has 2 fully saturated rings. The minimum Gasteiger partial charge on any atom is -0.472 e. The molecule has 2 aliphatic rings. The largest absolute Gasteiger partial charge is 0.472 e. The first-order valence-corrected chi connectivity index (χ1v) is 9.70. The van der Waals surface area contributed by atoms with Gasteiger partial charge in [0.15, 0.2) is 0 Å². The van der Waals surface area contributed by atoms with Gasteiger partial charge in [-0.05, 0) is 37.2 Å². The molecule has 0 unspecified atom stereocenters. The number of likely N-dealkylation sites (tertiary alicyclic amines) is 2. The van der Waals surface area contributed by atoms with Crippen LogP contribution < -0.4 is 0 Å². The molecule has 0 radical (unpaired) electrons. The summed E-state index contributed by atoms with van der Waals surface area (Å²) in [4.78, 5) is 9.35. The second kappa shape index (κ2) is 7.91. The van der Waals surface area contributed by atoms with Crippen molar-refractivity contribution in [2.75, 3.05) is 39.3 Å². The number of ether oxygens (including phenoxy) is 1. The number of rotatable bonds is 7. The highest BCUT2D eigenvalue weighted by molar-refractivity contribution is 5.09. The van der Waals surface area contributed by atoms with Crippen LogP contribution in [0.4, 0.5) is 0 Å². The molecule has 2 aromatic heterocycles. The summed E-state index contributed by atoms with van der Waals surface area (Å²) in [6.07, 6.45) is 8.60. The third kappa shape index (κ3) is 3.85. The minimum absolute atomic E-state index is 0.370. The van der Waals surface area contributed by atoms with Crippen molar-refractivity contribution in [2.24, 2.45) is 11.3 Å². The Balaban J connectivity index is 1.36. The number of hydrogen-bond acceptors (Lipinski definition) is 5. The van der Waals surface area contributed by atoms with Gasteiger partial charge in [-0.25, -0.2) is 0 Å². The molecular weight excluding hydrogens is 326 g/mol. The van der Waals surface area contributed by atoms with E-state index in [1.165, 1.54) is 25.1 Å². The molecule has 0 aliphatic carbocycles. The molecule has 2 aliphatic heterocycles. The molecule has 0 amide bonds. The van der Waals surface area contributed by atoms with Gasteiger partial charge in [-0.2, -0.15) is 0 Å². The normalized spacial score (nSPS) is 26.9. The molecule has 0 bridgehead atoms. The Kier molecular flexibility index (Phi) is 5.38. The molecule has 0 saturated carbocycles. The average molecular weight is 355 g/mol. The first-order valence-electron chi connectivity index (χ1n) is 9.70. The Labute approximate surface area is 156 Å². The highest BCUT2D eigenvalue weighted by Crippen LogP contribution is 2.44. The fourth-order valence-corrected chi connectivity index (χ4v) is 4.64. The van der Waals surface area contributed by atoms with Crippen molar-refractivity contribution in [3.63, 3.8) is 0 Å². The summed E-state index contributed by atoms with van der Waals surface area (Å²) in [5.74, 6) is 0.605. The van der Waals surface area contributed by atoms with Crippen LogP contribution in [0.25, 0.3) is 0 Å². The first-order chi connectivity index (χ1) is 12.8. The molecule has 2 atom stereocenters. The second-order valence-electron chi connectivity index (χ2n) is 7.86. The van der Waals surface area contributed by atoms with Gasteiger partial charge in [-0.15, -0.1) is 0 Å². The van der Waals surface area contributed by atoms with Crippen LogP contribution in [0.2, 0.25) is 0 Å². The molecule has 140 valence electrons. The summed E-state index contributed by atoms with van der Waals surface area (Å²) in [5, 5.41) is 0. The van der Waals surface area contributed by atoms with E-state index in [9.17, 15) is 0 Å². The average Bonchev–Trinajstić information content (AvgIpc) is 3.39. The predicted octanol–water partition coefficient (Wildman–Crippen LogP) is 3.04. The molecule has 0 aromatic carbocycles. The van der Waals surface area contributed by atoms with E-state index in [0.29, 0.717) is 17.9 Å². The molecular formula is C21H29N3O2. The van der Waals surface area contributed by atoms with Crippen LogP contribution in [0.5, 0.6) is 0 Å². The SMILES string of the molecule is CCN1C[C@@H](COCc2cccnc2)[C@@]2(CCN(Cc3ccoc3)C2)C1. The van der Waals surface area contributed by atoms with Crippen LogP contribution in [0, 0.1) is 11.3 Å². The number of nitrogens with zero attached hydrogens (tertiary/aromatic N) is 3. The van der Waals surface area contributed by atoms with Gasteiger partial charge in [0, 0.05) is 55.5 Å². The summed E-state index contributed by atoms with van der Waals surface area (Å²) < 4.78 is 11.4. The third-order valence-corrected chi connectivity index (χ3v) is 6.09. The molecule has 0 N–H and O–H groups in total. The Morgan fingerprint density at radius 1 is 1.27 bits per heavy atom. The Morgan fingerprint density at radius 2 is 2.19 bits per heavy atom. The summed E-state index contributed by atoms with van der Waals surface area (Å²) in [5.41, 5.74) is 2.80. The van der Waals surface area contributed by atoms with Gasteiger partial charge in [0.2, 0.25) is 0 Å². The van der Waals surface area contributed by atoms with Crippen molar-refractivity contribution < 1.29 is 9.15 Å². The first kappa shape index (κ1) is 17.7. The van der Waals surface area contributed by atoms with Crippen molar-refractivity contribution in [3.8, 4) is 0 Å². The molecule has 2 aromatic rings. The minimum atomic E-state index is 0.370. The lowest BCUT2D eigenvalue weighted by Crippen LogP contribution is -2.36. The summed E-state index contributed by atoms with van der Waals surface area (Å²) >= 11 is 0. The number of furan rings is 1. The topological polar surface area (TPSA) is 41.7 Å². The van der Waals surface area contributed by atoms with E-state index in [1.807, 2.05) is 24.7 Å². The Bertz CT molecular complexity index is 676. The molecule has 2 saturated heterocycles. The third-order valence-electron chi connectivity index (χ3n) is 6.09. The maximum absolute atomic E-state index is 6.12. The fraction of sp³-hybridized carbons (Fsp3) is 0.571. The van der Waals surface area contributed by atoms with Crippen molar-refractivity contribution >= 4 is 0 Å². The number of aromatic nitrogens is 1. The van der Waals surface area contributed by atoms with Gasteiger partial charge in [0.1, 0.15) is 0 Å². The van der Waals surface area contributed by atoms with Crippen LogP contribution >= 0.6 is 0 Å². The van der Waals surface area contributed by atoms with E-state index in [1.54, 1.807) is 6.26 Å². The van der Waals surface area contributed by atoms with Crippen LogP contribution in [-0.4, -0.2) is 54.1 Å². The quantitative estimate of drug-likeness (QED) is 0.764. The smallest absolute Gasteiger partial charge is 0.0947 e. The number of pyridine rings is 1.